The van der Waals surface area contributed by atoms with E-state index in [1.54, 1.807) is 14.2 Å². The molecule has 7 nitrogen and oxygen atoms in total. The Hall–Kier alpha value is -2.28. The van der Waals surface area contributed by atoms with Gasteiger partial charge < -0.3 is 25.0 Å². The molecule has 0 fully saturated rings. The zero-order valence-electron chi connectivity index (χ0n) is 15.0. The SMILES string of the molecule is CCNC(=NCC(=O)NCCOC)N(C)Cc1ccc(OC)cc1. The zero-order chi connectivity index (χ0) is 17.8. The summed E-state index contributed by atoms with van der Waals surface area (Å²) in [7, 11) is 5.19. The first-order chi connectivity index (χ1) is 11.6. The molecule has 0 atom stereocenters. The summed E-state index contributed by atoms with van der Waals surface area (Å²) in [5.74, 6) is 1.39. The van der Waals surface area contributed by atoms with Gasteiger partial charge in [0.15, 0.2) is 5.96 Å². The first kappa shape index (κ1) is 19.8. The number of benzene rings is 1. The van der Waals surface area contributed by atoms with E-state index in [9.17, 15) is 4.79 Å². The lowest BCUT2D eigenvalue weighted by Gasteiger charge is -2.22. The first-order valence-electron chi connectivity index (χ1n) is 7.98. The van der Waals surface area contributed by atoms with Crippen LogP contribution in [0.1, 0.15) is 12.5 Å². The van der Waals surface area contributed by atoms with Gasteiger partial charge in [0.25, 0.3) is 0 Å². The Morgan fingerprint density at radius 3 is 2.50 bits per heavy atom. The van der Waals surface area contributed by atoms with E-state index in [1.165, 1.54) is 0 Å². The van der Waals surface area contributed by atoms with Crippen molar-refractivity contribution in [3.05, 3.63) is 29.8 Å². The van der Waals surface area contributed by atoms with Crippen molar-refractivity contribution in [3.8, 4) is 5.75 Å². The number of carbonyl (C=O) groups excluding carboxylic acids is 1. The molecule has 0 spiro atoms. The molecule has 0 saturated heterocycles. The molecular formula is C17H28N4O3. The van der Waals surface area contributed by atoms with Crippen LogP contribution in [-0.2, 0) is 16.1 Å². The maximum atomic E-state index is 11.7. The summed E-state index contributed by atoms with van der Waals surface area (Å²) in [6, 6.07) is 7.87. The van der Waals surface area contributed by atoms with E-state index < -0.39 is 0 Å². The monoisotopic (exact) mass is 336 g/mol. The number of methoxy groups -OCH3 is 2. The molecular weight excluding hydrogens is 308 g/mol. The highest BCUT2D eigenvalue weighted by atomic mass is 16.5. The van der Waals surface area contributed by atoms with Crippen LogP contribution < -0.4 is 15.4 Å². The minimum atomic E-state index is -0.125. The number of nitrogens with one attached hydrogen (secondary N) is 2. The van der Waals surface area contributed by atoms with Gasteiger partial charge in [-0.15, -0.1) is 0 Å². The zero-order valence-corrected chi connectivity index (χ0v) is 15.0. The van der Waals surface area contributed by atoms with Crippen molar-refractivity contribution in [3.63, 3.8) is 0 Å². The van der Waals surface area contributed by atoms with Gasteiger partial charge in [-0.1, -0.05) is 12.1 Å². The van der Waals surface area contributed by atoms with Gasteiger partial charge in [0.2, 0.25) is 5.91 Å². The van der Waals surface area contributed by atoms with Crippen molar-refractivity contribution in [2.45, 2.75) is 13.5 Å². The second-order valence-electron chi connectivity index (χ2n) is 5.22. The normalized spacial score (nSPS) is 11.1. The van der Waals surface area contributed by atoms with Crippen molar-refractivity contribution in [2.24, 2.45) is 4.99 Å². The molecule has 134 valence electrons. The van der Waals surface area contributed by atoms with Gasteiger partial charge in [0, 0.05) is 33.8 Å². The van der Waals surface area contributed by atoms with Crippen LogP contribution in [0.2, 0.25) is 0 Å². The average molecular weight is 336 g/mol. The van der Waals surface area contributed by atoms with E-state index in [0.717, 1.165) is 17.9 Å². The molecule has 7 heteroatoms. The van der Waals surface area contributed by atoms with Crippen molar-refractivity contribution >= 4 is 11.9 Å². The van der Waals surface area contributed by atoms with Gasteiger partial charge in [-0.3, -0.25) is 4.79 Å². The molecule has 0 saturated carbocycles. The van der Waals surface area contributed by atoms with Crippen molar-refractivity contribution in [2.75, 3.05) is 47.5 Å². The smallest absolute Gasteiger partial charge is 0.241 e. The van der Waals surface area contributed by atoms with E-state index >= 15 is 0 Å². The van der Waals surface area contributed by atoms with Crippen LogP contribution in [0, 0.1) is 0 Å². The summed E-state index contributed by atoms with van der Waals surface area (Å²) in [6.07, 6.45) is 0. The Bertz CT molecular complexity index is 517. The second-order valence-corrected chi connectivity index (χ2v) is 5.22. The molecule has 1 aromatic carbocycles. The molecule has 1 rings (SSSR count). The predicted molar refractivity (Wildman–Crippen MR) is 95.3 cm³/mol. The number of aliphatic imine (C=N–C) groups is 1. The molecule has 0 radical (unpaired) electrons. The van der Waals surface area contributed by atoms with Crippen LogP contribution in [0.5, 0.6) is 5.75 Å². The number of ether oxygens (including phenoxy) is 2. The topological polar surface area (TPSA) is 75.2 Å². The summed E-state index contributed by atoms with van der Waals surface area (Å²) >= 11 is 0. The van der Waals surface area contributed by atoms with Crippen molar-refractivity contribution < 1.29 is 14.3 Å². The molecule has 0 heterocycles. The van der Waals surface area contributed by atoms with E-state index in [0.29, 0.717) is 25.7 Å². The van der Waals surface area contributed by atoms with Crippen LogP contribution in [0.3, 0.4) is 0 Å². The van der Waals surface area contributed by atoms with Crippen LogP contribution in [0.15, 0.2) is 29.3 Å². The van der Waals surface area contributed by atoms with Crippen LogP contribution >= 0.6 is 0 Å². The molecule has 1 aromatic rings. The summed E-state index contributed by atoms with van der Waals surface area (Å²) in [5, 5.41) is 5.95. The highest BCUT2D eigenvalue weighted by Gasteiger charge is 2.08. The summed E-state index contributed by atoms with van der Waals surface area (Å²) < 4.78 is 10.1. The molecule has 0 aromatic heterocycles. The van der Waals surface area contributed by atoms with Gasteiger partial charge in [-0.2, -0.15) is 0 Å². The fraction of sp³-hybridized carbons (Fsp3) is 0.529. The third kappa shape index (κ3) is 7.32. The van der Waals surface area contributed by atoms with E-state index in [4.69, 9.17) is 9.47 Å². The predicted octanol–water partition coefficient (Wildman–Crippen LogP) is 0.855. The lowest BCUT2D eigenvalue weighted by Crippen LogP contribution is -2.39. The summed E-state index contributed by atoms with van der Waals surface area (Å²) in [4.78, 5) is 18.1. The molecule has 2 N–H and O–H groups in total. The Morgan fingerprint density at radius 1 is 1.21 bits per heavy atom. The van der Waals surface area contributed by atoms with Crippen LogP contribution in [0.25, 0.3) is 0 Å². The first-order valence-corrected chi connectivity index (χ1v) is 7.98. The number of rotatable bonds is 9. The Labute approximate surface area is 144 Å². The van der Waals surface area contributed by atoms with E-state index in [1.807, 2.05) is 43.1 Å². The molecule has 0 bridgehead atoms. The Kier molecular flexibility index (Phi) is 9.29. The quantitative estimate of drug-likeness (QED) is 0.397. The van der Waals surface area contributed by atoms with Crippen molar-refractivity contribution in [1.29, 1.82) is 0 Å². The van der Waals surface area contributed by atoms with Gasteiger partial charge >= 0.3 is 0 Å². The van der Waals surface area contributed by atoms with Crippen molar-refractivity contribution in [1.82, 2.24) is 15.5 Å². The van der Waals surface area contributed by atoms with Crippen LogP contribution in [-0.4, -0.2) is 64.3 Å². The molecule has 24 heavy (non-hydrogen) atoms. The number of guanidine groups is 1. The lowest BCUT2D eigenvalue weighted by atomic mass is 10.2. The third-order valence-electron chi connectivity index (χ3n) is 3.28. The number of hydrogen-bond donors (Lipinski definition) is 2. The summed E-state index contributed by atoms with van der Waals surface area (Å²) in [6.45, 7) is 4.47. The Morgan fingerprint density at radius 2 is 1.92 bits per heavy atom. The fourth-order valence-electron chi connectivity index (χ4n) is 2.04. The Balaban J connectivity index is 2.60. The van der Waals surface area contributed by atoms with E-state index in [-0.39, 0.29) is 12.5 Å². The highest BCUT2D eigenvalue weighted by Crippen LogP contribution is 2.12. The van der Waals surface area contributed by atoms with Gasteiger partial charge in [0.1, 0.15) is 12.3 Å². The van der Waals surface area contributed by atoms with E-state index in [2.05, 4.69) is 15.6 Å². The largest absolute Gasteiger partial charge is 0.497 e. The summed E-state index contributed by atoms with van der Waals surface area (Å²) in [5.41, 5.74) is 1.13. The highest BCUT2D eigenvalue weighted by molar-refractivity contribution is 5.84. The number of carbonyl (C=O) groups is 1. The van der Waals surface area contributed by atoms with Gasteiger partial charge in [-0.05, 0) is 24.6 Å². The molecule has 0 aliphatic rings. The molecule has 0 unspecified atom stereocenters. The number of nitrogens with zero attached hydrogens (tertiary/aromatic N) is 2. The maximum absolute atomic E-state index is 11.7. The standard InChI is InChI=1S/C17H28N4O3/c1-5-18-17(20-12-16(22)19-10-11-23-3)21(2)13-14-6-8-15(24-4)9-7-14/h6-9H,5,10-13H2,1-4H3,(H,18,20)(H,19,22). The number of hydrogen-bond acceptors (Lipinski definition) is 4. The minimum absolute atomic E-state index is 0.0823. The lowest BCUT2D eigenvalue weighted by molar-refractivity contribution is -0.119. The second kappa shape index (κ2) is 11.3. The average Bonchev–Trinajstić information content (AvgIpc) is 2.59. The van der Waals surface area contributed by atoms with Crippen LogP contribution in [0.4, 0.5) is 0 Å². The maximum Gasteiger partial charge on any atom is 0.241 e. The van der Waals surface area contributed by atoms with Gasteiger partial charge in [0.05, 0.1) is 13.7 Å². The molecule has 0 aliphatic carbocycles. The third-order valence-corrected chi connectivity index (χ3v) is 3.28. The minimum Gasteiger partial charge on any atom is -0.497 e. The molecule has 0 aliphatic heterocycles. The van der Waals surface area contributed by atoms with Gasteiger partial charge in [-0.25, -0.2) is 4.99 Å². The number of amides is 1. The fourth-order valence-corrected chi connectivity index (χ4v) is 2.04. The molecule has 1 amide bonds.